The van der Waals surface area contributed by atoms with E-state index in [2.05, 4.69) is 400 Å². The summed E-state index contributed by atoms with van der Waals surface area (Å²) in [7, 11) is -3.99. The smallest absolute Gasteiger partial charge is 0.000883 e. The van der Waals surface area contributed by atoms with E-state index >= 15 is 0 Å². The van der Waals surface area contributed by atoms with Crippen molar-refractivity contribution in [2.24, 2.45) is 0 Å². The van der Waals surface area contributed by atoms with E-state index in [1.807, 2.05) is 0 Å². The van der Waals surface area contributed by atoms with Gasteiger partial charge in [-0.2, -0.15) is 0 Å². The monoisotopic (exact) mass is 1320 g/mol. The molecule has 0 N–H and O–H groups in total. The maximum absolute atomic E-state index is 2.47. The largest absolute Gasteiger partial charge is 0.0622 e. The summed E-state index contributed by atoms with van der Waals surface area (Å²) in [5.41, 5.74) is 9.97. The summed E-state index contributed by atoms with van der Waals surface area (Å²) >= 11 is 0. The SMILES string of the molecule is c1ccc(P(c2ccccc2)c2ccc3ccccc3c2-c2c(P(c3ccccc3)c3ccccc3)ccc3cc(-c4ccc(-c5ccc6c(-c7c(P(c8ccccc8)c8ccccc8)ccc8ccccc78)c(P(c7ccccc7)c7ccccc7)ccc6c5)cc4)ccc23)cc1. The second kappa shape index (κ2) is 27.6. The highest BCUT2D eigenvalue weighted by Gasteiger charge is 2.31. The summed E-state index contributed by atoms with van der Waals surface area (Å²) in [5, 5.41) is 26.0. The molecule has 0 nitrogen and oxygen atoms in total. The van der Waals surface area contributed by atoms with Gasteiger partial charge in [0.25, 0.3) is 0 Å². The number of hydrogen-bond acceptors (Lipinski definition) is 0. The first-order valence-electron chi connectivity index (χ1n) is 33.6. The zero-order valence-corrected chi connectivity index (χ0v) is 57.5. The molecule has 0 saturated heterocycles. The Hall–Kier alpha value is -10.5. The van der Waals surface area contributed by atoms with Gasteiger partial charge in [-0.05, 0) is 195 Å². The third-order valence-corrected chi connectivity index (χ3v) is 28.9. The Labute approximate surface area is 579 Å². The lowest BCUT2D eigenvalue weighted by atomic mass is 9.91. The molecule has 4 heteroatoms. The van der Waals surface area contributed by atoms with Crippen LogP contribution in [0.4, 0.5) is 0 Å². The van der Waals surface area contributed by atoms with Crippen LogP contribution in [0.3, 0.4) is 0 Å². The normalized spacial score (nSPS) is 11.6. The fourth-order valence-corrected chi connectivity index (χ4v) is 24.4. The van der Waals surface area contributed by atoms with Crippen molar-refractivity contribution >= 4 is 138 Å². The molecule has 0 spiro atoms. The van der Waals surface area contributed by atoms with Gasteiger partial charge in [-0.3, -0.25) is 0 Å². The number of benzene rings is 17. The molecular weight excluding hydrogens is 1250 g/mol. The topological polar surface area (TPSA) is 0 Å². The van der Waals surface area contributed by atoms with E-state index in [-0.39, 0.29) is 0 Å². The molecule has 17 rings (SSSR count). The van der Waals surface area contributed by atoms with E-state index in [9.17, 15) is 0 Å². The third kappa shape index (κ3) is 11.8. The lowest BCUT2D eigenvalue weighted by Gasteiger charge is -2.28. The van der Waals surface area contributed by atoms with Gasteiger partial charge in [0.05, 0.1) is 0 Å². The molecule has 0 aliphatic rings. The minimum absolute atomic E-state index is 0.987. The highest BCUT2D eigenvalue weighted by Crippen LogP contribution is 2.49. The third-order valence-electron chi connectivity index (χ3n) is 18.9. The number of fused-ring (bicyclic) bond motifs is 4. The quantitative estimate of drug-likeness (QED) is 0.0846. The van der Waals surface area contributed by atoms with Crippen LogP contribution in [0.25, 0.3) is 87.6 Å². The summed E-state index contributed by atoms with van der Waals surface area (Å²) in [5.74, 6) is 0. The molecule has 0 unspecified atom stereocenters. The van der Waals surface area contributed by atoms with Crippen LogP contribution < -0.4 is 63.7 Å². The molecule has 0 atom stereocenters. The van der Waals surface area contributed by atoms with Crippen molar-refractivity contribution in [3.63, 3.8) is 0 Å². The molecule has 0 heterocycles. The van der Waals surface area contributed by atoms with Crippen LogP contribution >= 0.6 is 31.7 Å². The first kappa shape index (κ1) is 61.1. The molecule has 0 fully saturated rings. The van der Waals surface area contributed by atoms with Crippen molar-refractivity contribution < 1.29 is 0 Å². The first-order valence-corrected chi connectivity index (χ1v) is 38.9. The maximum Gasteiger partial charge on any atom is -0.000883 e. The first-order chi connectivity index (χ1) is 48.7. The van der Waals surface area contributed by atoms with E-state index in [0.29, 0.717) is 0 Å². The van der Waals surface area contributed by atoms with E-state index in [0.717, 1.165) is 0 Å². The minimum atomic E-state index is -1.01. The average Bonchev–Trinajstić information content (AvgIpc) is 0.737. The van der Waals surface area contributed by atoms with Gasteiger partial charge < -0.3 is 0 Å². The Bertz CT molecular complexity index is 5150. The fourth-order valence-electron chi connectivity index (χ4n) is 14.5. The molecule has 0 aromatic heterocycles. The molecule has 0 bridgehead atoms. The predicted octanol–water partition coefficient (Wildman–Crippen LogP) is 20.0. The standard InChI is InChI=1S/C94H66P4/c1-9-31-75(32-10-1)95(76-33-11-2-12-34-76)87-61-55-69-29-25-27-47-83(69)91(87)93-85-59-53-71(65-73(85)57-63-89(93)97(79-39-17-5-18-40-79)80-41-19-6-20-42-80)67-49-51-68(52-50-67)72-54-60-86-74(66-72)58-64-90(98(81-43-21-7-22-44-81)82-45-23-8-24-46-82)94(86)92-84-48-28-26-30-70(84)56-62-88(92)96(77-35-13-3-14-36-77)78-37-15-4-16-38-78/h1-66H. The fraction of sp³-hybridized carbons (Fsp3) is 0. The molecule has 0 aliphatic heterocycles. The lowest BCUT2D eigenvalue weighted by Crippen LogP contribution is -2.26. The minimum Gasteiger partial charge on any atom is -0.0622 e. The molecule has 98 heavy (non-hydrogen) atoms. The average molecular weight is 1320 g/mol. The van der Waals surface area contributed by atoms with Gasteiger partial charge in [0, 0.05) is 0 Å². The molecule has 17 aromatic carbocycles. The molecule has 17 aromatic rings. The van der Waals surface area contributed by atoms with Crippen molar-refractivity contribution in [2.75, 3.05) is 0 Å². The van der Waals surface area contributed by atoms with Crippen molar-refractivity contribution in [1.29, 1.82) is 0 Å². The lowest BCUT2D eigenvalue weighted by molar-refractivity contribution is 1.61. The molecule has 0 radical (unpaired) electrons. The van der Waals surface area contributed by atoms with Gasteiger partial charge in [0.1, 0.15) is 0 Å². The Morgan fingerprint density at radius 2 is 0.327 bits per heavy atom. The molecule has 0 aliphatic carbocycles. The summed E-state index contributed by atoms with van der Waals surface area (Å²) in [6.45, 7) is 0. The van der Waals surface area contributed by atoms with Gasteiger partial charge in [-0.1, -0.05) is 388 Å². The van der Waals surface area contributed by atoms with Gasteiger partial charge in [-0.25, -0.2) is 0 Å². The van der Waals surface area contributed by atoms with E-state index in [1.165, 1.54) is 151 Å². The van der Waals surface area contributed by atoms with Crippen LogP contribution in [0.2, 0.25) is 0 Å². The van der Waals surface area contributed by atoms with E-state index < -0.39 is 31.7 Å². The summed E-state index contributed by atoms with van der Waals surface area (Å²) in [6.07, 6.45) is 0. The zero-order valence-electron chi connectivity index (χ0n) is 53.9. The summed E-state index contributed by atoms with van der Waals surface area (Å²) < 4.78 is 0. The van der Waals surface area contributed by atoms with E-state index in [1.54, 1.807) is 0 Å². The van der Waals surface area contributed by atoms with Gasteiger partial charge >= 0.3 is 0 Å². The highest BCUT2D eigenvalue weighted by molar-refractivity contribution is 7.81. The van der Waals surface area contributed by atoms with Crippen LogP contribution in [-0.2, 0) is 0 Å². The van der Waals surface area contributed by atoms with Gasteiger partial charge in [0.2, 0.25) is 0 Å². The summed E-state index contributed by atoms with van der Waals surface area (Å²) in [6, 6.07) is 151. The van der Waals surface area contributed by atoms with Crippen molar-refractivity contribution in [1.82, 2.24) is 0 Å². The Morgan fingerprint density at radius 1 is 0.133 bits per heavy atom. The van der Waals surface area contributed by atoms with Crippen molar-refractivity contribution in [3.05, 3.63) is 400 Å². The molecular formula is C94H66P4. The predicted molar refractivity (Wildman–Crippen MR) is 433 cm³/mol. The van der Waals surface area contributed by atoms with Crippen molar-refractivity contribution in [2.45, 2.75) is 0 Å². The number of hydrogen-bond donors (Lipinski definition) is 0. The Kier molecular flexibility index (Phi) is 17.2. The summed E-state index contributed by atoms with van der Waals surface area (Å²) in [4.78, 5) is 0. The van der Waals surface area contributed by atoms with Gasteiger partial charge in [0.15, 0.2) is 0 Å². The van der Waals surface area contributed by atoms with Crippen molar-refractivity contribution in [3.8, 4) is 44.5 Å². The molecule has 0 amide bonds. The Balaban J connectivity index is 0.828. The molecule has 462 valence electrons. The second-order valence-electron chi connectivity index (χ2n) is 24.8. The molecule has 0 saturated carbocycles. The highest BCUT2D eigenvalue weighted by atomic mass is 31.1. The van der Waals surface area contributed by atoms with Crippen LogP contribution in [-0.4, -0.2) is 0 Å². The van der Waals surface area contributed by atoms with Crippen LogP contribution in [0.5, 0.6) is 0 Å². The maximum atomic E-state index is 2.47. The van der Waals surface area contributed by atoms with E-state index in [4.69, 9.17) is 0 Å². The van der Waals surface area contributed by atoms with Crippen LogP contribution in [0, 0.1) is 0 Å². The number of rotatable bonds is 16. The van der Waals surface area contributed by atoms with Crippen LogP contribution in [0.15, 0.2) is 400 Å². The Morgan fingerprint density at radius 3 is 0.571 bits per heavy atom. The zero-order chi connectivity index (χ0) is 65.1. The van der Waals surface area contributed by atoms with Gasteiger partial charge in [-0.15, -0.1) is 0 Å². The van der Waals surface area contributed by atoms with Crippen LogP contribution in [0.1, 0.15) is 0 Å². The second-order valence-corrected chi connectivity index (χ2v) is 33.5.